The van der Waals surface area contributed by atoms with Crippen LogP contribution < -0.4 is 10.6 Å². The Morgan fingerprint density at radius 2 is 1.79 bits per heavy atom. The summed E-state index contributed by atoms with van der Waals surface area (Å²) in [6, 6.07) is 8.63. The fraction of sp³-hybridized carbons (Fsp3) is 0.556. The topological polar surface area (TPSA) is 76.7 Å². The first-order chi connectivity index (χ1) is 11.5. The van der Waals surface area contributed by atoms with E-state index in [0.29, 0.717) is 6.61 Å². The molecule has 0 aromatic heterocycles. The van der Waals surface area contributed by atoms with E-state index in [1.54, 1.807) is 7.11 Å². The van der Waals surface area contributed by atoms with Crippen LogP contribution in [0, 0.1) is 5.92 Å². The van der Waals surface area contributed by atoms with Crippen LogP contribution in [0.5, 0.6) is 0 Å². The van der Waals surface area contributed by atoms with Gasteiger partial charge in [0.05, 0.1) is 6.61 Å². The van der Waals surface area contributed by atoms with Crippen molar-refractivity contribution in [3.05, 3.63) is 35.9 Å². The van der Waals surface area contributed by atoms with E-state index in [4.69, 9.17) is 9.47 Å². The summed E-state index contributed by atoms with van der Waals surface area (Å²) < 4.78 is 10.2. The summed E-state index contributed by atoms with van der Waals surface area (Å²) in [5.41, 5.74) is 0.894. The van der Waals surface area contributed by atoms with E-state index in [2.05, 4.69) is 10.6 Å². The largest absolute Gasteiger partial charge is 0.445 e. The molecule has 0 aliphatic carbocycles. The molecule has 24 heavy (non-hydrogen) atoms. The molecule has 0 radical (unpaired) electrons. The van der Waals surface area contributed by atoms with Crippen molar-refractivity contribution in [1.82, 2.24) is 10.6 Å². The Morgan fingerprint density at radius 1 is 1.12 bits per heavy atom. The second-order valence-electron chi connectivity index (χ2n) is 5.93. The van der Waals surface area contributed by atoms with E-state index in [9.17, 15) is 9.59 Å². The molecule has 6 nitrogen and oxygen atoms in total. The van der Waals surface area contributed by atoms with Gasteiger partial charge in [-0.1, -0.05) is 50.6 Å². The van der Waals surface area contributed by atoms with Crippen LogP contribution in [0.15, 0.2) is 30.3 Å². The zero-order valence-electron chi connectivity index (χ0n) is 14.9. The molecule has 3 unspecified atom stereocenters. The molecule has 1 aromatic rings. The first-order valence-electron chi connectivity index (χ1n) is 8.24. The summed E-state index contributed by atoms with van der Waals surface area (Å²) in [6.45, 7) is 6.32. The highest BCUT2D eigenvalue weighted by Crippen LogP contribution is 2.09. The van der Waals surface area contributed by atoms with E-state index >= 15 is 0 Å². The van der Waals surface area contributed by atoms with Crippen molar-refractivity contribution in [3.63, 3.8) is 0 Å². The maximum Gasteiger partial charge on any atom is 0.408 e. The predicted molar refractivity (Wildman–Crippen MR) is 92.5 cm³/mol. The van der Waals surface area contributed by atoms with Crippen molar-refractivity contribution in [2.75, 3.05) is 13.7 Å². The van der Waals surface area contributed by atoms with Crippen LogP contribution >= 0.6 is 0 Å². The van der Waals surface area contributed by atoms with E-state index in [1.807, 2.05) is 51.1 Å². The first kappa shape index (κ1) is 20.0. The lowest BCUT2D eigenvalue weighted by atomic mass is 9.98. The Morgan fingerprint density at radius 3 is 2.38 bits per heavy atom. The lowest BCUT2D eigenvalue weighted by Gasteiger charge is -2.25. The second kappa shape index (κ2) is 10.6. The van der Waals surface area contributed by atoms with Crippen molar-refractivity contribution in [3.8, 4) is 0 Å². The number of hydrogen-bond acceptors (Lipinski definition) is 4. The predicted octanol–water partition coefficient (Wildman–Crippen LogP) is 2.48. The lowest BCUT2D eigenvalue weighted by molar-refractivity contribution is -0.125. The minimum absolute atomic E-state index is 0.0102. The number of benzene rings is 1. The molecular weight excluding hydrogens is 308 g/mol. The van der Waals surface area contributed by atoms with Gasteiger partial charge in [0.25, 0.3) is 0 Å². The molecule has 0 saturated carbocycles. The number of rotatable bonds is 9. The Hall–Kier alpha value is -2.08. The van der Waals surface area contributed by atoms with Gasteiger partial charge in [-0.3, -0.25) is 4.79 Å². The van der Waals surface area contributed by atoms with E-state index in [0.717, 1.165) is 12.0 Å². The number of ether oxygens (including phenoxy) is 2. The summed E-state index contributed by atoms with van der Waals surface area (Å²) in [4.78, 5) is 24.4. The molecule has 3 atom stereocenters. The molecule has 0 heterocycles. The van der Waals surface area contributed by atoms with Crippen LogP contribution in [0.4, 0.5) is 4.79 Å². The fourth-order valence-electron chi connectivity index (χ4n) is 2.22. The molecule has 0 bridgehead atoms. The maximum atomic E-state index is 12.4. The molecule has 0 fully saturated rings. The maximum absolute atomic E-state index is 12.4. The highest BCUT2D eigenvalue weighted by atomic mass is 16.5. The number of methoxy groups -OCH3 is 1. The molecule has 6 heteroatoms. The molecule has 1 aromatic carbocycles. The minimum atomic E-state index is -0.641. The summed E-state index contributed by atoms with van der Waals surface area (Å²) in [5, 5.41) is 5.51. The summed E-state index contributed by atoms with van der Waals surface area (Å²) in [5.74, 6) is -0.241. The highest BCUT2D eigenvalue weighted by Gasteiger charge is 2.27. The monoisotopic (exact) mass is 336 g/mol. The van der Waals surface area contributed by atoms with Gasteiger partial charge in [0.15, 0.2) is 0 Å². The van der Waals surface area contributed by atoms with Gasteiger partial charge in [0.2, 0.25) is 5.91 Å². The Bertz CT molecular complexity index is 507. The number of carbonyl (C=O) groups excluding carboxylic acids is 2. The molecule has 0 spiro atoms. The highest BCUT2D eigenvalue weighted by molar-refractivity contribution is 5.86. The molecule has 134 valence electrons. The summed E-state index contributed by atoms with van der Waals surface area (Å²) >= 11 is 0. The molecule has 1 rings (SSSR count). The molecule has 0 aliphatic heterocycles. The number of carbonyl (C=O) groups is 2. The zero-order valence-corrected chi connectivity index (χ0v) is 14.9. The van der Waals surface area contributed by atoms with Crippen molar-refractivity contribution >= 4 is 12.0 Å². The van der Waals surface area contributed by atoms with Crippen molar-refractivity contribution in [1.29, 1.82) is 0 Å². The number of nitrogens with one attached hydrogen (secondary N) is 2. The Kier molecular flexibility index (Phi) is 8.86. The van der Waals surface area contributed by atoms with Crippen molar-refractivity contribution in [2.45, 2.75) is 45.9 Å². The smallest absolute Gasteiger partial charge is 0.408 e. The molecular formula is C18H28N2O4. The van der Waals surface area contributed by atoms with Gasteiger partial charge in [-0.05, 0) is 18.4 Å². The molecule has 0 saturated heterocycles. The van der Waals surface area contributed by atoms with Crippen LogP contribution in [0.25, 0.3) is 0 Å². The first-order valence-corrected chi connectivity index (χ1v) is 8.24. The van der Waals surface area contributed by atoms with Gasteiger partial charge >= 0.3 is 6.09 Å². The van der Waals surface area contributed by atoms with Crippen LogP contribution in [0.2, 0.25) is 0 Å². The third-order valence-corrected chi connectivity index (χ3v) is 3.79. The van der Waals surface area contributed by atoms with Gasteiger partial charge in [0, 0.05) is 13.2 Å². The number of amides is 2. The summed E-state index contributed by atoms with van der Waals surface area (Å²) in [6.07, 6.45) is 0.161. The van der Waals surface area contributed by atoms with Crippen LogP contribution in [0.1, 0.15) is 32.8 Å². The fourth-order valence-corrected chi connectivity index (χ4v) is 2.22. The number of hydrogen-bond donors (Lipinski definition) is 2. The van der Waals surface area contributed by atoms with Crippen LogP contribution in [-0.2, 0) is 20.9 Å². The van der Waals surface area contributed by atoms with Gasteiger partial charge in [0.1, 0.15) is 12.6 Å². The zero-order chi connectivity index (χ0) is 17.9. The Balaban J connectivity index is 2.58. The SMILES string of the molecule is CCC(C)C(NC(=O)OCc1ccccc1)C(=O)NC(C)COC. The standard InChI is InChI=1S/C18H28N2O4/c1-5-13(2)16(17(21)19-14(3)11-23-4)20-18(22)24-12-15-9-7-6-8-10-15/h6-10,13-14,16H,5,11-12H2,1-4H3,(H,19,21)(H,20,22). The quantitative estimate of drug-likeness (QED) is 0.726. The van der Waals surface area contributed by atoms with Crippen molar-refractivity contribution in [2.24, 2.45) is 5.92 Å². The van der Waals surface area contributed by atoms with Gasteiger partial charge in [-0.15, -0.1) is 0 Å². The second-order valence-corrected chi connectivity index (χ2v) is 5.93. The lowest BCUT2D eigenvalue weighted by Crippen LogP contribution is -2.52. The van der Waals surface area contributed by atoms with E-state index < -0.39 is 12.1 Å². The minimum Gasteiger partial charge on any atom is -0.445 e. The van der Waals surface area contributed by atoms with E-state index in [1.165, 1.54) is 0 Å². The third-order valence-electron chi connectivity index (χ3n) is 3.79. The van der Waals surface area contributed by atoms with E-state index in [-0.39, 0.29) is 24.5 Å². The van der Waals surface area contributed by atoms with Crippen molar-refractivity contribution < 1.29 is 19.1 Å². The Labute approximate surface area is 143 Å². The van der Waals surface area contributed by atoms with Crippen LogP contribution in [0.3, 0.4) is 0 Å². The summed E-state index contributed by atoms with van der Waals surface area (Å²) in [7, 11) is 1.58. The van der Waals surface area contributed by atoms with Crippen LogP contribution in [-0.4, -0.2) is 37.8 Å². The third kappa shape index (κ3) is 7.00. The van der Waals surface area contributed by atoms with Gasteiger partial charge in [-0.2, -0.15) is 0 Å². The normalized spacial score (nSPS) is 14.3. The molecule has 2 N–H and O–H groups in total. The number of alkyl carbamates (subject to hydrolysis) is 1. The molecule has 0 aliphatic rings. The van der Waals surface area contributed by atoms with Gasteiger partial charge < -0.3 is 20.1 Å². The average Bonchev–Trinajstić information content (AvgIpc) is 2.58. The molecule has 2 amide bonds. The van der Waals surface area contributed by atoms with Gasteiger partial charge in [-0.25, -0.2) is 4.79 Å². The average molecular weight is 336 g/mol.